The molecule has 0 aliphatic rings. The van der Waals surface area contributed by atoms with Crippen molar-refractivity contribution in [3.8, 4) is 0 Å². The summed E-state index contributed by atoms with van der Waals surface area (Å²) in [4.78, 5) is 11.8. The normalized spacial score (nSPS) is 15.1. The topological polar surface area (TPSA) is 55.1 Å². The quantitative estimate of drug-likeness (QED) is 0.699. The van der Waals surface area contributed by atoms with Gasteiger partial charge in [0.1, 0.15) is 0 Å². The van der Waals surface area contributed by atoms with Crippen LogP contribution in [0.15, 0.2) is 0 Å². The molecule has 0 aromatic rings. The molecule has 0 fully saturated rings. The van der Waals surface area contributed by atoms with E-state index < -0.39 is 0 Å². The molecule has 90 valence electrons. The molecular weight excluding hydrogens is 208 g/mol. The molecule has 3 N–H and O–H groups in total. The minimum absolute atomic E-state index is 0.0540. The van der Waals surface area contributed by atoms with Gasteiger partial charge >= 0.3 is 0 Å². The number of rotatable bonds is 7. The fraction of sp³-hybridized carbons (Fsp3) is 0.909. The number of thioether (sulfide) groups is 1. The van der Waals surface area contributed by atoms with Gasteiger partial charge in [-0.05, 0) is 31.3 Å². The molecule has 15 heavy (non-hydrogen) atoms. The van der Waals surface area contributed by atoms with Gasteiger partial charge < -0.3 is 11.1 Å². The van der Waals surface area contributed by atoms with E-state index in [0.29, 0.717) is 12.5 Å². The SMILES string of the molecule is CSCCC(C)NC(=O)C(CN)C(C)C. The van der Waals surface area contributed by atoms with Gasteiger partial charge in [0.2, 0.25) is 5.91 Å². The molecule has 2 atom stereocenters. The third-order valence-electron chi connectivity index (χ3n) is 2.54. The van der Waals surface area contributed by atoms with Crippen LogP contribution in [0.4, 0.5) is 0 Å². The minimum Gasteiger partial charge on any atom is -0.353 e. The lowest BCUT2D eigenvalue weighted by molar-refractivity contribution is -0.126. The predicted molar refractivity (Wildman–Crippen MR) is 68.0 cm³/mol. The lowest BCUT2D eigenvalue weighted by atomic mass is 9.95. The maximum Gasteiger partial charge on any atom is 0.224 e. The summed E-state index contributed by atoms with van der Waals surface area (Å²) in [7, 11) is 0. The number of nitrogens with one attached hydrogen (secondary N) is 1. The summed E-state index contributed by atoms with van der Waals surface area (Å²) < 4.78 is 0. The van der Waals surface area contributed by atoms with E-state index in [1.807, 2.05) is 20.8 Å². The predicted octanol–water partition coefficient (Wildman–Crippen LogP) is 1.48. The Morgan fingerprint density at radius 3 is 2.40 bits per heavy atom. The fourth-order valence-corrected chi connectivity index (χ4v) is 1.99. The smallest absolute Gasteiger partial charge is 0.224 e. The standard InChI is InChI=1S/C11H24N2OS/c1-8(2)10(7-12)11(14)13-9(3)5-6-15-4/h8-10H,5-7,12H2,1-4H3,(H,13,14). The van der Waals surface area contributed by atoms with Gasteiger partial charge in [-0.25, -0.2) is 0 Å². The lowest BCUT2D eigenvalue weighted by Crippen LogP contribution is -2.42. The average molecular weight is 232 g/mol. The fourth-order valence-electron chi connectivity index (χ4n) is 1.40. The van der Waals surface area contributed by atoms with Crippen molar-refractivity contribution in [2.45, 2.75) is 33.2 Å². The molecular formula is C11H24N2OS. The Labute approximate surface area is 97.6 Å². The Morgan fingerprint density at radius 2 is 2.00 bits per heavy atom. The first kappa shape index (κ1) is 14.8. The minimum atomic E-state index is -0.0540. The van der Waals surface area contributed by atoms with Crippen molar-refractivity contribution in [1.82, 2.24) is 5.32 Å². The molecule has 0 spiro atoms. The molecule has 4 heteroatoms. The zero-order valence-electron chi connectivity index (χ0n) is 10.2. The van der Waals surface area contributed by atoms with Crippen LogP contribution in [0, 0.1) is 11.8 Å². The van der Waals surface area contributed by atoms with Crippen LogP contribution in [0.1, 0.15) is 27.2 Å². The molecule has 3 nitrogen and oxygen atoms in total. The molecule has 0 radical (unpaired) electrons. The van der Waals surface area contributed by atoms with E-state index in [-0.39, 0.29) is 17.9 Å². The van der Waals surface area contributed by atoms with Crippen LogP contribution in [0.3, 0.4) is 0 Å². The molecule has 0 bridgehead atoms. The molecule has 0 saturated heterocycles. The van der Waals surface area contributed by atoms with Gasteiger partial charge in [-0.3, -0.25) is 4.79 Å². The van der Waals surface area contributed by atoms with Gasteiger partial charge in [0.15, 0.2) is 0 Å². The van der Waals surface area contributed by atoms with Gasteiger partial charge in [0.25, 0.3) is 0 Å². The Balaban J connectivity index is 3.98. The number of hydrogen-bond donors (Lipinski definition) is 2. The van der Waals surface area contributed by atoms with Crippen LogP contribution < -0.4 is 11.1 Å². The Hall–Kier alpha value is -0.220. The highest BCUT2D eigenvalue weighted by molar-refractivity contribution is 7.98. The van der Waals surface area contributed by atoms with Crippen molar-refractivity contribution >= 4 is 17.7 Å². The summed E-state index contributed by atoms with van der Waals surface area (Å²) in [6.07, 6.45) is 3.09. The number of nitrogens with two attached hydrogens (primary N) is 1. The first-order valence-electron chi connectivity index (χ1n) is 5.52. The van der Waals surface area contributed by atoms with Gasteiger partial charge in [0.05, 0.1) is 5.92 Å². The van der Waals surface area contributed by atoms with Crippen molar-refractivity contribution in [3.05, 3.63) is 0 Å². The molecule has 0 rings (SSSR count). The Kier molecular flexibility index (Phi) is 7.88. The van der Waals surface area contributed by atoms with E-state index in [9.17, 15) is 4.79 Å². The highest BCUT2D eigenvalue weighted by Gasteiger charge is 2.21. The molecule has 0 aromatic heterocycles. The van der Waals surface area contributed by atoms with Crippen LogP contribution >= 0.6 is 11.8 Å². The number of amides is 1. The summed E-state index contributed by atoms with van der Waals surface area (Å²) in [5.41, 5.74) is 5.59. The Morgan fingerprint density at radius 1 is 1.40 bits per heavy atom. The second-order valence-corrected chi connectivity index (χ2v) is 5.26. The lowest BCUT2D eigenvalue weighted by Gasteiger charge is -2.21. The first-order chi connectivity index (χ1) is 7.02. The number of carbonyl (C=O) groups excluding carboxylic acids is 1. The Bertz CT molecular complexity index is 185. The number of carbonyl (C=O) groups is 1. The first-order valence-corrected chi connectivity index (χ1v) is 6.91. The van der Waals surface area contributed by atoms with Crippen LogP contribution in [0.2, 0.25) is 0 Å². The van der Waals surface area contributed by atoms with Gasteiger partial charge in [-0.15, -0.1) is 0 Å². The second-order valence-electron chi connectivity index (χ2n) is 4.28. The highest BCUT2D eigenvalue weighted by Crippen LogP contribution is 2.10. The number of hydrogen-bond acceptors (Lipinski definition) is 3. The second kappa shape index (κ2) is 7.99. The van der Waals surface area contributed by atoms with E-state index in [2.05, 4.69) is 11.6 Å². The maximum atomic E-state index is 11.8. The summed E-state index contributed by atoms with van der Waals surface area (Å²) >= 11 is 1.80. The largest absolute Gasteiger partial charge is 0.353 e. The van der Waals surface area contributed by atoms with Crippen LogP contribution in [0.25, 0.3) is 0 Å². The van der Waals surface area contributed by atoms with Crippen molar-refractivity contribution in [3.63, 3.8) is 0 Å². The molecule has 0 aromatic carbocycles. The zero-order chi connectivity index (χ0) is 11.8. The third-order valence-corrected chi connectivity index (χ3v) is 3.18. The highest BCUT2D eigenvalue weighted by atomic mass is 32.2. The molecule has 2 unspecified atom stereocenters. The third kappa shape index (κ3) is 6.05. The van der Waals surface area contributed by atoms with Gasteiger partial charge in [0, 0.05) is 12.6 Å². The van der Waals surface area contributed by atoms with Crippen LogP contribution in [-0.4, -0.2) is 30.5 Å². The molecule has 0 aliphatic heterocycles. The van der Waals surface area contributed by atoms with Gasteiger partial charge in [-0.2, -0.15) is 11.8 Å². The molecule has 0 aliphatic carbocycles. The van der Waals surface area contributed by atoms with E-state index in [1.165, 1.54) is 0 Å². The van der Waals surface area contributed by atoms with Crippen LogP contribution in [-0.2, 0) is 4.79 Å². The summed E-state index contributed by atoms with van der Waals surface area (Å²) in [5.74, 6) is 1.43. The van der Waals surface area contributed by atoms with Crippen molar-refractivity contribution < 1.29 is 4.79 Å². The summed E-state index contributed by atoms with van der Waals surface area (Å²) in [5, 5.41) is 3.01. The van der Waals surface area contributed by atoms with E-state index in [0.717, 1.165) is 12.2 Å². The molecule has 0 heterocycles. The monoisotopic (exact) mass is 232 g/mol. The summed E-state index contributed by atoms with van der Waals surface area (Å²) in [6, 6.07) is 0.248. The maximum absolute atomic E-state index is 11.8. The van der Waals surface area contributed by atoms with Crippen molar-refractivity contribution in [2.24, 2.45) is 17.6 Å². The van der Waals surface area contributed by atoms with E-state index >= 15 is 0 Å². The van der Waals surface area contributed by atoms with Crippen LogP contribution in [0.5, 0.6) is 0 Å². The zero-order valence-corrected chi connectivity index (χ0v) is 11.1. The van der Waals surface area contributed by atoms with E-state index in [1.54, 1.807) is 11.8 Å². The van der Waals surface area contributed by atoms with E-state index in [4.69, 9.17) is 5.73 Å². The van der Waals surface area contributed by atoms with Crippen molar-refractivity contribution in [1.29, 1.82) is 0 Å². The van der Waals surface area contributed by atoms with Gasteiger partial charge in [-0.1, -0.05) is 13.8 Å². The molecule has 0 saturated carbocycles. The average Bonchev–Trinajstić information content (AvgIpc) is 2.15. The summed E-state index contributed by atoms with van der Waals surface area (Å²) in [6.45, 7) is 6.54. The molecule has 1 amide bonds. The van der Waals surface area contributed by atoms with Crippen molar-refractivity contribution in [2.75, 3.05) is 18.6 Å².